The molecule has 1 N–H and O–H groups in total. The maximum atomic E-state index is 11.6. The summed E-state index contributed by atoms with van der Waals surface area (Å²) >= 11 is 0. The predicted octanol–water partition coefficient (Wildman–Crippen LogP) is 2.24. The maximum absolute atomic E-state index is 11.6. The molecule has 0 atom stereocenters. The molecule has 0 heterocycles. The molecule has 0 unspecified atom stereocenters. The van der Waals surface area contributed by atoms with E-state index < -0.39 is 15.3 Å². The molecule has 0 amide bonds. The summed E-state index contributed by atoms with van der Waals surface area (Å²) < 4.78 is 30.9. The van der Waals surface area contributed by atoms with Gasteiger partial charge in [-0.15, -0.1) is 0 Å². The van der Waals surface area contributed by atoms with Gasteiger partial charge in [0.1, 0.15) is 5.75 Å². The molecule has 1 rings (SSSR count). The average molecular weight is 243 g/mol. The first-order valence-corrected chi connectivity index (χ1v) is 6.75. The van der Waals surface area contributed by atoms with E-state index in [1.54, 1.807) is 38.1 Å². The largest absolute Gasteiger partial charge is 0.494 e. The van der Waals surface area contributed by atoms with E-state index in [4.69, 9.17) is 4.74 Å². The van der Waals surface area contributed by atoms with Crippen molar-refractivity contribution in [1.82, 2.24) is 0 Å². The van der Waals surface area contributed by atoms with Gasteiger partial charge in [0.25, 0.3) is 0 Å². The molecule has 4 nitrogen and oxygen atoms in total. The van der Waals surface area contributed by atoms with Crippen LogP contribution in [-0.4, -0.2) is 20.3 Å². The van der Waals surface area contributed by atoms with E-state index in [-0.39, 0.29) is 0 Å². The van der Waals surface area contributed by atoms with E-state index in [2.05, 4.69) is 4.72 Å². The second kappa shape index (κ2) is 5.21. The molecule has 0 saturated heterocycles. The number of anilines is 1. The lowest BCUT2D eigenvalue weighted by Gasteiger charge is -2.11. The molecule has 0 spiro atoms. The zero-order chi connectivity index (χ0) is 12.2. The Labute approximate surface area is 96.7 Å². The Bertz CT molecular complexity index is 423. The Hall–Kier alpha value is -1.23. The van der Waals surface area contributed by atoms with E-state index in [0.717, 1.165) is 5.75 Å². The van der Waals surface area contributed by atoms with Gasteiger partial charge >= 0.3 is 0 Å². The van der Waals surface area contributed by atoms with Gasteiger partial charge in [-0.1, -0.05) is 0 Å². The fraction of sp³-hybridized carbons (Fsp3) is 0.455. The van der Waals surface area contributed by atoms with Gasteiger partial charge in [-0.3, -0.25) is 4.72 Å². The highest BCUT2D eigenvalue weighted by Crippen LogP contribution is 2.17. The Morgan fingerprint density at radius 1 is 1.25 bits per heavy atom. The number of hydrogen-bond acceptors (Lipinski definition) is 3. The van der Waals surface area contributed by atoms with E-state index in [9.17, 15) is 8.42 Å². The smallest absolute Gasteiger partial charge is 0.235 e. The van der Waals surface area contributed by atoms with Gasteiger partial charge in [0.05, 0.1) is 11.9 Å². The molecule has 0 saturated carbocycles. The molecule has 0 aliphatic carbocycles. The lowest BCUT2D eigenvalue weighted by molar-refractivity contribution is 0.340. The van der Waals surface area contributed by atoms with Gasteiger partial charge in [0.15, 0.2) is 0 Å². The average Bonchev–Trinajstić information content (AvgIpc) is 2.21. The highest BCUT2D eigenvalue weighted by molar-refractivity contribution is 7.93. The Morgan fingerprint density at radius 2 is 1.81 bits per heavy atom. The van der Waals surface area contributed by atoms with Crippen LogP contribution in [0.3, 0.4) is 0 Å². The summed E-state index contributed by atoms with van der Waals surface area (Å²) in [6, 6.07) is 6.85. The van der Waals surface area contributed by atoms with Gasteiger partial charge in [-0.25, -0.2) is 8.42 Å². The Kier molecular flexibility index (Phi) is 4.18. The van der Waals surface area contributed by atoms with E-state index in [1.807, 2.05) is 6.92 Å². The van der Waals surface area contributed by atoms with E-state index >= 15 is 0 Å². The van der Waals surface area contributed by atoms with Crippen LogP contribution in [0.15, 0.2) is 24.3 Å². The van der Waals surface area contributed by atoms with E-state index in [1.165, 1.54) is 0 Å². The summed E-state index contributed by atoms with van der Waals surface area (Å²) in [4.78, 5) is 0. The molecule has 90 valence electrons. The second-order valence-electron chi connectivity index (χ2n) is 3.65. The minimum absolute atomic E-state index is 0.445. The normalized spacial score (nSPS) is 11.5. The van der Waals surface area contributed by atoms with Crippen molar-refractivity contribution in [3.05, 3.63) is 24.3 Å². The minimum Gasteiger partial charge on any atom is -0.494 e. The SMILES string of the molecule is CCOc1ccc(NS(=O)(=O)C(C)C)cc1. The molecule has 5 heteroatoms. The van der Waals surface area contributed by atoms with Crippen LogP contribution in [0.1, 0.15) is 20.8 Å². The molecule has 0 aromatic heterocycles. The highest BCUT2D eigenvalue weighted by Gasteiger charge is 2.15. The quantitative estimate of drug-likeness (QED) is 0.862. The van der Waals surface area contributed by atoms with Crippen LogP contribution in [0.5, 0.6) is 5.75 Å². The standard InChI is InChI=1S/C11H17NO3S/c1-4-15-11-7-5-10(6-8-11)12-16(13,14)9(2)3/h5-9,12H,4H2,1-3H3. The summed E-state index contributed by atoms with van der Waals surface area (Å²) in [7, 11) is -3.27. The molecule has 0 fully saturated rings. The third-order valence-corrected chi connectivity index (χ3v) is 3.81. The minimum atomic E-state index is -3.27. The van der Waals surface area contributed by atoms with Crippen molar-refractivity contribution in [3.63, 3.8) is 0 Å². The molecule has 1 aromatic rings. The van der Waals surface area contributed by atoms with Crippen LogP contribution in [0.4, 0.5) is 5.69 Å². The monoisotopic (exact) mass is 243 g/mol. The van der Waals surface area contributed by atoms with Gasteiger partial charge in [0, 0.05) is 5.69 Å². The lowest BCUT2D eigenvalue weighted by atomic mass is 10.3. The number of nitrogens with one attached hydrogen (secondary N) is 1. The first kappa shape index (κ1) is 12.8. The van der Waals surface area contributed by atoms with Crippen molar-refractivity contribution in [2.75, 3.05) is 11.3 Å². The molecule has 0 aliphatic rings. The Balaban J connectivity index is 2.76. The van der Waals surface area contributed by atoms with Crippen LogP contribution in [0, 0.1) is 0 Å². The van der Waals surface area contributed by atoms with Crippen molar-refractivity contribution in [3.8, 4) is 5.75 Å². The number of benzene rings is 1. The van der Waals surface area contributed by atoms with Crippen molar-refractivity contribution in [1.29, 1.82) is 0 Å². The number of ether oxygens (including phenoxy) is 1. The summed E-state index contributed by atoms with van der Waals surface area (Å²) in [6.45, 7) is 5.76. The van der Waals surface area contributed by atoms with Crippen LogP contribution < -0.4 is 9.46 Å². The lowest BCUT2D eigenvalue weighted by Crippen LogP contribution is -2.22. The number of sulfonamides is 1. The fourth-order valence-electron chi connectivity index (χ4n) is 1.07. The zero-order valence-electron chi connectivity index (χ0n) is 9.73. The molecular weight excluding hydrogens is 226 g/mol. The molecule has 0 radical (unpaired) electrons. The summed E-state index contributed by atoms with van der Waals surface area (Å²) in [5, 5.41) is -0.445. The van der Waals surface area contributed by atoms with Crippen molar-refractivity contribution in [2.45, 2.75) is 26.0 Å². The third kappa shape index (κ3) is 3.41. The predicted molar refractivity (Wildman–Crippen MR) is 65.3 cm³/mol. The van der Waals surface area contributed by atoms with Gasteiger partial charge < -0.3 is 4.74 Å². The number of rotatable bonds is 5. The molecule has 16 heavy (non-hydrogen) atoms. The molecule has 0 bridgehead atoms. The summed E-state index contributed by atoms with van der Waals surface area (Å²) in [5.74, 6) is 0.731. The van der Waals surface area contributed by atoms with Gasteiger partial charge in [-0.2, -0.15) is 0 Å². The second-order valence-corrected chi connectivity index (χ2v) is 5.89. The van der Waals surface area contributed by atoms with Crippen molar-refractivity contribution < 1.29 is 13.2 Å². The van der Waals surface area contributed by atoms with Gasteiger partial charge in [-0.05, 0) is 45.0 Å². The van der Waals surface area contributed by atoms with Crippen LogP contribution >= 0.6 is 0 Å². The third-order valence-electron chi connectivity index (χ3n) is 2.05. The first-order valence-electron chi connectivity index (χ1n) is 5.20. The maximum Gasteiger partial charge on any atom is 0.235 e. The van der Waals surface area contributed by atoms with Crippen molar-refractivity contribution in [2.24, 2.45) is 0 Å². The van der Waals surface area contributed by atoms with Gasteiger partial charge in [0.2, 0.25) is 10.0 Å². The molecule has 1 aromatic carbocycles. The van der Waals surface area contributed by atoms with Crippen LogP contribution in [-0.2, 0) is 10.0 Å². The zero-order valence-corrected chi connectivity index (χ0v) is 10.5. The number of hydrogen-bond donors (Lipinski definition) is 1. The van der Waals surface area contributed by atoms with Crippen LogP contribution in [0.25, 0.3) is 0 Å². The van der Waals surface area contributed by atoms with E-state index in [0.29, 0.717) is 12.3 Å². The van der Waals surface area contributed by atoms with Crippen LogP contribution in [0.2, 0.25) is 0 Å². The molecule has 0 aliphatic heterocycles. The Morgan fingerprint density at radius 3 is 2.25 bits per heavy atom. The fourth-order valence-corrected chi connectivity index (χ4v) is 1.77. The molecular formula is C11H17NO3S. The van der Waals surface area contributed by atoms with Crippen molar-refractivity contribution >= 4 is 15.7 Å². The summed E-state index contributed by atoms with van der Waals surface area (Å²) in [6.07, 6.45) is 0. The topological polar surface area (TPSA) is 55.4 Å². The summed E-state index contributed by atoms with van der Waals surface area (Å²) in [5.41, 5.74) is 0.553. The highest BCUT2D eigenvalue weighted by atomic mass is 32.2. The first-order chi connectivity index (χ1) is 7.45.